The Morgan fingerprint density at radius 3 is 1.35 bits per heavy atom. The third kappa shape index (κ3) is 10.6. The zero-order valence-electron chi connectivity index (χ0n) is 23.3. The van der Waals surface area contributed by atoms with E-state index in [1.54, 1.807) is 0 Å². The molecule has 0 aliphatic carbocycles. The minimum atomic E-state index is -1.33. The predicted octanol–water partition coefficient (Wildman–Crippen LogP) is -6.08. The van der Waals surface area contributed by atoms with Crippen LogP contribution in [0.2, 0.25) is 0 Å². The van der Waals surface area contributed by atoms with Gasteiger partial charge in [0, 0.05) is 13.1 Å². The van der Waals surface area contributed by atoms with Crippen molar-refractivity contribution in [2.75, 3.05) is 66.7 Å². The Morgan fingerprint density at radius 2 is 1.02 bits per heavy atom. The van der Waals surface area contributed by atoms with Crippen LogP contribution in [0.25, 0.3) is 0 Å². The Labute approximate surface area is 234 Å². The Morgan fingerprint density at radius 1 is 0.675 bits per heavy atom. The fourth-order valence-corrected chi connectivity index (χ4v) is 4.69. The molecule has 2 fully saturated rings. The molecule has 0 spiro atoms. The maximum absolute atomic E-state index is 10.3. The largest absolute Gasteiger partial charge is 0.394 e. The van der Waals surface area contributed by atoms with Gasteiger partial charge < -0.3 is 81.1 Å². The van der Waals surface area contributed by atoms with Crippen molar-refractivity contribution >= 4 is 0 Å². The lowest BCUT2D eigenvalue weighted by atomic mass is 9.98. The molecule has 0 amide bonds. The van der Waals surface area contributed by atoms with Gasteiger partial charge in [0.1, 0.15) is 36.6 Å². The van der Waals surface area contributed by atoms with Gasteiger partial charge in [-0.25, -0.2) is 0 Å². The third-order valence-electron chi connectivity index (χ3n) is 7.14. The standard InChI is InChI=1S/C24H50N4O12/c1-27(7-13(31)11-37-23-17(25)21(35)19(33)15(9-29)39-23)5-3-4-6-28(2)8-14(32)12-38-24-18(26)22(36)20(34)16(10-30)40-24/h13-24,29-36H,3-12,25-26H2,1-2H3/t13?,14?,15-,16-,17-,18-,19-,20-,21-,22-,23+,24+/m1/s1. The fraction of sp³-hybridized carbons (Fsp3) is 1.00. The van der Waals surface area contributed by atoms with Crippen molar-refractivity contribution in [2.45, 2.75) is 86.3 Å². The monoisotopic (exact) mass is 586 g/mol. The Balaban J connectivity index is 1.58. The first-order chi connectivity index (χ1) is 18.9. The van der Waals surface area contributed by atoms with Crippen LogP contribution in [0.1, 0.15) is 12.8 Å². The van der Waals surface area contributed by atoms with E-state index in [-0.39, 0.29) is 13.2 Å². The normalized spacial score (nSPS) is 36.8. The fourth-order valence-electron chi connectivity index (χ4n) is 4.69. The van der Waals surface area contributed by atoms with Crippen molar-refractivity contribution in [3.8, 4) is 0 Å². The van der Waals surface area contributed by atoms with Crippen LogP contribution in [0.15, 0.2) is 0 Å². The van der Waals surface area contributed by atoms with Gasteiger partial charge in [0.15, 0.2) is 12.6 Å². The van der Waals surface area contributed by atoms with E-state index in [9.17, 15) is 40.9 Å². The molecule has 12 atom stereocenters. The van der Waals surface area contributed by atoms with Gasteiger partial charge in [-0.15, -0.1) is 0 Å². The molecule has 40 heavy (non-hydrogen) atoms. The van der Waals surface area contributed by atoms with Gasteiger partial charge in [-0.05, 0) is 40.0 Å². The molecule has 0 bridgehead atoms. The number of hydrogen-bond acceptors (Lipinski definition) is 16. The maximum atomic E-state index is 10.3. The number of rotatable bonds is 17. The van der Waals surface area contributed by atoms with Crippen molar-refractivity contribution in [2.24, 2.45) is 11.5 Å². The summed E-state index contributed by atoms with van der Waals surface area (Å²) in [6, 6.07) is -2.05. The number of aliphatic hydroxyl groups excluding tert-OH is 8. The molecule has 16 heteroatoms. The average molecular weight is 587 g/mol. The molecule has 2 aliphatic heterocycles. The molecule has 2 aliphatic rings. The third-order valence-corrected chi connectivity index (χ3v) is 7.14. The molecule has 238 valence electrons. The summed E-state index contributed by atoms with van der Waals surface area (Å²) in [4.78, 5) is 3.87. The smallest absolute Gasteiger partial charge is 0.175 e. The molecule has 2 heterocycles. The van der Waals surface area contributed by atoms with Gasteiger partial charge in [-0.1, -0.05) is 0 Å². The molecular weight excluding hydrogens is 536 g/mol. The summed E-state index contributed by atoms with van der Waals surface area (Å²) in [5.74, 6) is 0. The highest BCUT2D eigenvalue weighted by Gasteiger charge is 2.44. The topological polar surface area (TPSA) is 257 Å². The summed E-state index contributed by atoms with van der Waals surface area (Å²) >= 11 is 0. The number of unbranched alkanes of at least 4 members (excludes halogenated alkanes) is 1. The van der Waals surface area contributed by atoms with Gasteiger partial charge in [-0.2, -0.15) is 0 Å². The first kappa shape index (κ1) is 35.6. The number of likely N-dealkylation sites (N-methyl/N-ethyl adjacent to an activating group) is 2. The van der Waals surface area contributed by atoms with Crippen LogP contribution >= 0.6 is 0 Å². The first-order valence-corrected chi connectivity index (χ1v) is 13.6. The highest BCUT2D eigenvalue weighted by Crippen LogP contribution is 2.22. The van der Waals surface area contributed by atoms with Crippen LogP contribution in [0.3, 0.4) is 0 Å². The molecule has 16 nitrogen and oxygen atoms in total. The number of nitrogens with zero attached hydrogens (tertiary/aromatic N) is 2. The lowest BCUT2D eigenvalue weighted by Gasteiger charge is -2.40. The number of nitrogens with two attached hydrogens (primary N) is 2. The second-order valence-electron chi connectivity index (χ2n) is 10.8. The second-order valence-corrected chi connectivity index (χ2v) is 10.8. The van der Waals surface area contributed by atoms with Crippen LogP contribution in [0.5, 0.6) is 0 Å². The van der Waals surface area contributed by atoms with E-state index in [4.69, 9.17) is 30.4 Å². The zero-order chi connectivity index (χ0) is 30.0. The van der Waals surface area contributed by atoms with E-state index in [1.165, 1.54) is 0 Å². The minimum Gasteiger partial charge on any atom is -0.394 e. The molecule has 2 saturated heterocycles. The van der Waals surface area contributed by atoms with Gasteiger partial charge in [0.2, 0.25) is 0 Å². The Hall–Kier alpha value is -0.640. The van der Waals surface area contributed by atoms with E-state index in [1.807, 2.05) is 23.9 Å². The molecule has 12 N–H and O–H groups in total. The van der Waals surface area contributed by atoms with Gasteiger partial charge >= 0.3 is 0 Å². The summed E-state index contributed by atoms with van der Waals surface area (Å²) in [5, 5.41) is 78.8. The van der Waals surface area contributed by atoms with Crippen molar-refractivity contribution in [3.63, 3.8) is 0 Å². The van der Waals surface area contributed by atoms with Crippen molar-refractivity contribution in [1.82, 2.24) is 9.80 Å². The number of hydrogen-bond donors (Lipinski definition) is 10. The summed E-state index contributed by atoms with van der Waals surface area (Å²) < 4.78 is 21.7. The second kappa shape index (κ2) is 17.5. The van der Waals surface area contributed by atoms with Crippen LogP contribution in [-0.2, 0) is 18.9 Å². The Bertz CT molecular complexity index is 642. The van der Waals surface area contributed by atoms with Crippen molar-refractivity contribution in [3.05, 3.63) is 0 Å². The van der Waals surface area contributed by atoms with Crippen LogP contribution in [-0.4, -0.2) is 191 Å². The maximum Gasteiger partial charge on any atom is 0.175 e. The summed E-state index contributed by atoms with van der Waals surface area (Å²) in [6.45, 7) is 0.796. The molecule has 0 saturated carbocycles. The average Bonchev–Trinajstić information content (AvgIpc) is 2.92. The molecule has 0 aromatic heterocycles. The van der Waals surface area contributed by atoms with Gasteiger partial charge in [-0.3, -0.25) is 0 Å². The minimum absolute atomic E-state index is 0.108. The first-order valence-electron chi connectivity index (χ1n) is 13.6. The molecule has 2 unspecified atom stereocenters. The zero-order valence-corrected chi connectivity index (χ0v) is 23.3. The van der Waals surface area contributed by atoms with E-state index in [0.717, 1.165) is 12.8 Å². The Kier molecular flexibility index (Phi) is 15.5. The molecule has 0 aromatic rings. The molecule has 0 aromatic carbocycles. The van der Waals surface area contributed by atoms with Crippen LogP contribution in [0.4, 0.5) is 0 Å². The van der Waals surface area contributed by atoms with E-state index >= 15 is 0 Å². The summed E-state index contributed by atoms with van der Waals surface area (Å²) in [6.07, 6.45) is -9.56. The highest BCUT2D eigenvalue weighted by atomic mass is 16.7. The molecule has 2 rings (SSSR count). The van der Waals surface area contributed by atoms with Crippen molar-refractivity contribution in [1.29, 1.82) is 0 Å². The van der Waals surface area contributed by atoms with E-state index in [0.29, 0.717) is 26.2 Å². The lowest BCUT2D eigenvalue weighted by molar-refractivity contribution is -0.270. The van der Waals surface area contributed by atoms with Gasteiger partial charge in [0.05, 0.1) is 50.7 Å². The predicted molar refractivity (Wildman–Crippen MR) is 140 cm³/mol. The van der Waals surface area contributed by atoms with E-state index < -0.39 is 86.7 Å². The number of ether oxygens (including phenoxy) is 4. The summed E-state index contributed by atoms with van der Waals surface area (Å²) in [7, 11) is 3.71. The lowest BCUT2D eigenvalue weighted by Crippen LogP contribution is -2.62. The van der Waals surface area contributed by atoms with Crippen LogP contribution < -0.4 is 11.5 Å². The van der Waals surface area contributed by atoms with E-state index in [2.05, 4.69) is 0 Å². The van der Waals surface area contributed by atoms with Crippen molar-refractivity contribution < 1.29 is 59.8 Å². The molecular formula is C24H50N4O12. The number of aliphatic hydroxyl groups is 8. The van der Waals surface area contributed by atoms with Gasteiger partial charge in [0.25, 0.3) is 0 Å². The molecule has 0 radical (unpaired) electrons. The quantitative estimate of drug-likeness (QED) is 0.0711. The summed E-state index contributed by atoms with van der Waals surface area (Å²) in [5.41, 5.74) is 11.7. The SMILES string of the molecule is CN(CCCCN(C)CC(O)CO[C@H]1O[C@H](CO)[C@@H](O)[C@H](O)[C@H]1N)CC(O)CO[C@H]1O[C@H](CO)[C@@H](O)[C@H](O)[C@H]1N. The highest BCUT2D eigenvalue weighted by molar-refractivity contribution is 4.92. The van der Waals surface area contributed by atoms with Crippen LogP contribution in [0, 0.1) is 0 Å².